The van der Waals surface area contributed by atoms with Gasteiger partial charge in [0, 0.05) is 0 Å². The molecular formula is C10H18O9. The molecule has 9 heteroatoms. The van der Waals surface area contributed by atoms with Crippen LogP contribution in [0.2, 0.25) is 0 Å². The summed E-state index contributed by atoms with van der Waals surface area (Å²) in [6, 6.07) is 0. The maximum atomic E-state index is 9.68. The summed E-state index contributed by atoms with van der Waals surface area (Å²) in [6.07, 6.45) is -11.0. The molecule has 2 aliphatic rings. The van der Waals surface area contributed by atoms with Crippen LogP contribution in [0, 0.1) is 0 Å². The van der Waals surface area contributed by atoms with Crippen molar-refractivity contribution in [1.29, 1.82) is 0 Å². The summed E-state index contributed by atoms with van der Waals surface area (Å²) in [5.74, 6) is 0. The molecule has 2 aliphatic heterocycles. The van der Waals surface area contributed by atoms with Crippen molar-refractivity contribution in [1.82, 2.24) is 0 Å². The minimum absolute atomic E-state index is 0.218. The van der Waals surface area contributed by atoms with E-state index in [0.29, 0.717) is 0 Å². The van der Waals surface area contributed by atoms with Crippen LogP contribution in [0.1, 0.15) is 0 Å². The monoisotopic (exact) mass is 282 g/mol. The first-order valence-corrected chi connectivity index (χ1v) is 5.89. The van der Waals surface area contributed by atoms with E-state index in [1.54, 1.807) is 0 Å². The fraction of sp³-hybridized carbons (Fsp3) is 1.00. The van der Waals surface area contributed by atoms with Crippen LogP contribution in [-0.2, 0) is 14.2 Å². The van der Waals surface area contributed by atoms with Gasteiger partial charge in [0.1, 0.15) is 36.6 Å². The fourth-order valence-corrected chi connectivity index (χ4v) is 1.97. The Kier molecular flexibility index (Phi) is 4.71. The Balaban J connectivity index is 1.94. The molecule has 0 aromatic carbocycles. The van der Waals surface area contributed by atoms with Gasteiger partial charge in [-0.2, -0.15) is 0 Å². The smallest absolute Gasteiger partial charge is 0.186 e. The maximum Gasteiger partial charge on any atom is 0.186 e. The van der Waals surface area contributed by atoms with Gasteiger partial charge < -0.3 is 44.8 Å². The Morgan fingerprint density at radius 2 is 1.42 bits per heavy atom. The minimum Gasteiger partial charge on any atom is -0.388 e. The summed E-state index contributed by atoms with van der Waals surface area (Å²) in [7, 11) is 0. The Morgan fingerprint density at radius 3 is 2.11 bits per heavy atom. The number of rotatable bonds is 2. The van der Waals surface area contributed by atoms with Crippen molar-refractivity contribution in [2.45, 2.75) is 49.2 Å². The second-order valence-corrected chi connectivity index (χ2v) is 4.63. The van der Waals surface area contributed by atoms with Gasteiger partial charge in [0.05, 0.1) is 13.2 Å². The highest BCUT2D eigenvalue weighted by molar-refractivity contribution is 4.87. The van der Waals surface area contributed by atoms with Gasteiger partial charge in [-0.25, -0.2) is 0 Å². The largest absolute Gasteiger partial charge is 0.388 e. The lowest BCUT2D eigenvalue weighted by molar-refractivity contribution is -0.323. The van der Waals surface area contributed by atoms with Crippen molar-refractivity contribution >= 4 is 0 Å². The second-order valence-electron chi connectivity index (χ2n) is 4.63. The quantitative estimate of drug-likeness (QED) is 0.297. The normalized spacial score (nSPS) is 52.1. The van der Waals surface area contributed by atoms with E-state index in [2.05, 4.69) is 0 Å². The molecule has 0 spiro atoms. The van der Waals surface area contributed by atoms with E-state index in [9.17, 15) is 25.5 Å². The van der Waals surface area contributed by atoms with Gasteiger partial charge in [0.2, 0.25) is 0 Å². The van der Waals surface area contributed by atoms with Crippen molar-refractivity contribution in [2.24, 2.45) is 0 Å². The molecule has 2 heterocycles. The fourth-order valence-electron chi connectivity index (χ4n) is 1.97. The van der Waals surface area contributed by atoms with Gasteiger partial charge in [0.15, 0.2) is 12.6 Å². The Morgan fingerprint density at radius 1 is 0.737 bits per heavy atom. The predicted molar refractivity (Wildman–Crippen MR) is 56.6 cm³/mol. The van der Waals surface area contributed by atoms with E-state index in [1.165, 1.54) is 0 Å². The number of hydrogen-bond donors (Lipinski definition) is 6. The van der Waals surface area contributed by atoms with E-state index in [1.807, 2.05) is 0 Å². The molecule has 1 unspecified atom stereocenters. The number of hydrogen-bond acceptors (Lipinski definition) is 9. The SMILES string of the molecule is OC1OC[C@@H](O[C@@H]2OC[C@@H](O)[C@@H](O)[C@H]2O)[C@@H](O)[C@H]1O. The van der Waals surface area contributed by atoms with Gasteiger partial charge in [-0.3, -0.25) is 0 Å². The summed E-state index contributed by atoms with van der Waals surface area (Å²) in [4.78, 5) is 0. The second kappa shape index (κ2) is 5.95. The van der Waals surface area contributed by atoms with E-state index < -0.39 is 49.2 Å². The molecule has 19 heavy (non-hydrogen) atoms. The summed E-state index contributed by atoms with van der Waals surface area (Å²) in [6.45, 7) is -0.456. The topological polar surface area (TPSA) is 149 Å². The van der Waals surface area contributed by atoms with Crippen molar-refractivity contribution < 1.29 is 44.8 Å². The van der Waals surface area contributed by atoms with Crippen molar-refractivity contribution in [3.05, 3.63) is 0 Å². The van der Waals surface area contributed by atoms with Crippen LogP contribution in [0.4, 0.5) is 0 Å². The molecule has 0 aliphatic carbocycles. The first kappa shape index (κ1) is 15.0. The summed E-state index contributed by atoms with van der Waals surface area (Å²) >= 11 is 0. The Labute approximate surface area is 108 Å². The zero-order valence-corrected chi connectivity index (χ0v) is 9.94. The van der Waals surface area contributed by atoms with Crippen LogP contribution in [-0.4, -0.2) is 93.1 Å². The highest BCUT2D eigenvalue weighted by atomic mass is 16.7. The highest BCUT2D eigenvalue weighted by Crippen LogP contribution is 2.22. The molecular weight excluding hydrogens is 264 g/mol. The lowest BCUT2D eigenvalue weighted by Gasteiger charge is -2.40. The lowest BCUT2D eigenvalue weighted by atomic mass is 10.0. The molecule has 9 nitrogen and oxygen atoms in total. The van der Waals surface area contributed by atoms with Crippen LogP contribution in [0.15, 0.2) is 0 Å². The average Bonchev–Trinajstić information content (AvgIpc) is 2.39. The minimum atomic E-state index is -1.55. The lowest BCUT2D eigenvalue weighted by Crippen LogP contribution is -2.59. The Hall–Kier alpha value is -0.360. The van der Waals surface area contributed by atoms with Crippen LogP contribution >= 0.6 is 0 Å². The third-order valence-electron chi connectivity index (χ3n) is 3.22. The third-order valence-corrected chi connectivity index (χ3v) is 3.22. The number of aliphatic hydroxyl groups is 6. The molecule has 0 saturated carbocycles. The molecule has 0 aromatic heterocycles. The molecule has 8 atom stereocenters. The van der Waals surface area contributed by atoms with Crippen molar-refractivity contribution in [3.8, 4) is 0 Å². The third kappa shape index (κ3) is 3.05. The van der Waals surface area contributed by atoms with Gasteiger partial charge in [-0.1, -0.05) is 0 Å². The molecule has 2 rings (SSSR count). The maximum absolute atomic E-state index is 9.68. The predicted octanol–water partition coefficient (Wildman–Crippen LogP) is -4.12. The standard InChI is InChI=1S/C10H18O9/c11-3-1-18-10(8(15)5(3)12)19-4-2-17-9(16)7(14)6(4)13/h3-16H,1-2H2/t3-,4-,5-,6-,7-,8-,9?,10+/m1/s1. The van der Waals surface area contributed by atoms with E-state index >= 15 is 0 Å². The summed E-state index contributed by atoms with van der Waals surface area (Å²) in [5, 5.41) is 56.6. The molecule has 0 aromatic rings. The molecule has 112 valence electrons. The Bertz CT molecular complexity index is 273. The highest BCUT2D eigenvalue weighted by Gasteiger charge is 2.44. The van der Waals surface area contributed by atoms with Crippen molar-refractivity contribution in [2.75, 3.05) is 13.2 Å². The first-order chi connectivity index (χ1) is 8.91. The van der Waals surface area contributed by atoms with Crippen LogP contribution in [0.25, 0.3) is 0 Å². The van der Waals surface area contributed by atoms with E-state index in [4.69, 9.17) is 19.3 Å². The van der Waals surface area contributed by atoms with Gasteiger partial charge in [-0.15, -0.1) is 0 Å². The summed E-state index contributed by atoms with van der Waals surface area (Å²) in [5.41, 5.74) is 0. The molecule has 2 fully saturated rings. The van der Waals surface area contributed by atoms with E-state index in [0.717, 1.165) is 0 Å². The molecule has 0 bridgehead atoms. The van der Waals surface area contributed by atoms with Crippen molar-refractivity contribution in [3.63, 3.8) is 0 Å². The molecule has 0 amide bonds. The van der Waals surface area contributed by atoms with Crippen LogP contribution in [0.5, 0.6) is 0 Å². The van der Waals surface area contributed by atoms with Crippen LogP contribution < -0.4 is 0 Å². The van der Waals surface area contributed by atoms with Crippen LogP contribution in [0.3, 0.4) is 0 Å². The molecule has 0 radical (unpaired) electrons. The van der Waals surface area contributed by atoms with Gasteiger partial charge in [-0.05, 0) is 0 Å². The van der Waals surface area contributed by atoms with E-state index in [-0.39, 0.29) is 13.2 Å². The number of ether oxygens (including phenoxy) is 3. The van der Waals surface area contributed by atoms with Gasteiger partial charge in [0.25, 0.3) is 0 Å². The molecule has 6 N–H and O–H groups in total. The average molecular weight is 282 g/mol. The van der Waals surface area contributed by atoms with Gasteiger partial charge >= 0.3 is 0 Å². The number of aliphatic hydroxyl groups excluding tert-OH is 6. The molecule has 2 saturated heterocycles. The zero-order valence-electron chi connectivity index (χ0n) is 9.94. The zero-order chi connectivity index (χ0) is 14.2. The summed E-state index contributed by atoms with van der Waals surface area (Å²) < 4.78 is 15.0. The first-order valence-electron chi connectivity index (χ1n) is 5.89.